The van der Waals surface area contributed by atoms with Crippen LogP contribution in [0.5, 0.6) is 0 Å². The lowest BCUT2D eigenvalue weighted by atomic mass is 9.83. The summed E-state index contributed by atoms with van der Waals surface area (Å²) in [6.45, 7) is 2.57. The van der Waals surface area contributed by atoms with Gasteiger partial charge in [-0.25, -0.2) is 4.39 Å². The third kappa shape index (κ3) is 3.94. The van der Waals surface area contributed by atoms with E-state index < -0.39 is 23.5 Å². The SMILES string of the molecule is CC1CCC2(CC1)OC[C@H](C(=O)NCc1cccnc1)N2C(=O)c1ccccc1F. The van der Waals surface area contributed by atoms with Crippen molar-refractivity contribution in [2.45, 2.75) is 50.9 Å². The molecule has 0 bridgehead atoms. The number of nitrogens with zero attached hydrogens (tertiary/aromatic N) is 2. The highest BCUT2D eigenvalue weighted by atomic mass is 19.1. The second kappa shape index (κ2) is 8.52. The van der Waals surface area contributed by atoms with Crippen molar-refractivity contribution >= 4 is 11.8 Å². The smallest absolute Gasteiger partial charge is 0.259 e. The van der Waals surface area contributed by atoms with Gasteiger partial charge in [0.1, 0.15) is 17.6 Å². The van der Waals surface area contributed by atoms with Crippen LogP contribution in [0, 0.1) is 11.7 Å². The van der Waals surface area contributed by atoms with Gasteiger partial charge in [0.2, 0.25) is 5.91 Å². The molecule has 158 valence electrons. The van der Waals surface area contributed by atoms with Crippen molar-refractivity contribution in [2.75, 3.05) is 6.61 Å². The van der Waals surface area contributed by atoms with Crippen molar-refractivity contribution in [2.24, 2.45) is 5.92 Å². The van der Waals surface area contributed by atoms with Gasteiger partial charge in [-0.15, -0.1) is 0 Å². The Labute approximate surface area is 175 Å². The number of amides is 2. The molecule has 2 amide bonds. The molecule has 1 aliphatic carbocycles. The van der Waals surface area contributed by atoms with Crippen molar-refractivity contribution in [1.29, 1.82) is 0 Å². The highest BCUT2D eigenvalue weighted by molar-refractivity contribution is 5.98. The van der Waals surface area contributed by atoms with Crippen LogP contribution in [-0.2, 0) is 16.1 Å². The molecule has 2 fully saturated rings. The summed E-state index contributed by atoms with van der Waals surface area (Å²) in [5.41, 5.74) is -0.0358. The van der Waals surface area contributed by atoms with Crippen molar-refractivity contribution in [3.8, 4) is 0 Å². The largest absolute Gasteiger partial charge is 0.353 e. The van der Waals surface area contributed by atoms with E-state index in [9.17, 15) is 14.0 Å². The average molecular weight is 411 g/mol. The van der Waals surface area contributed by atoms with Crippen LogP contribution in [0.3, 0.4) is 0 Å². The van der Waals surface area contributed by atoms with Crippen LogP contribution >= 0.6 is 0 Å². The molecule has 1 aliphatic heterocycles. The highest BCUT2D eigenvalue weighted by Crippen LogP contribution is 2.43. The average Bonchev–Trinajstić information content (AvgIpc) is 3.14. The monoisotopic (exact) mass is 411 g/mol. The maximum atomic E-state index is 14.4. The zero-order valence-corrected chi connectivity index (χ0v) is 17.0. The molecule has 0 radical (unpaired) electrons. The van der Waals surface area contributed by atoms with E-state index in [4.69, 9.17) is 4.74 Å². The molecular weight excluding hydrogens is 385 g/mol. The zero-order valence-electron chi connectivity index (χ0n) is 17.0. The van der Waals surface area contributed by atoms with E-state index >= 15 is 0 Å². The van der Waals surface area contributed by atoms with Gasteiger partial charge in [0, 0.05) is 18.9 Å². The quantitative estimate of drug-likeness (QED) is 0.838. The predicted octanol–water partition coefficient (Wildman–Crippen LogP) is 3.28. The van der Waals surface area contributed by atoms with Gasteiger partial charge in [-0.1, -0.05) is 25.1 Å². The molecule has 2 aliphatic rings. The van der Waals surface area contributed by atoms with E-state index in [0.29, 0.717) is 25.3 Å². The van der Waals surface area contributed by atoms with E-state index in [1.807, 2.05) is 6.07 Å². The van der Waals surface area contributed by atoms with Crippen LogP contribution in [0.25, 0.3) is 0 Å². The molecule has 1 atom stereocenters. The van der Waals surface area contributed by atoms with Crippen LogP contribution in [0.4, 0.5) is 4.39 Å². The molecule has 1 aromatic heterocycles. The lowest BCUT2D eigenvalue weighted by Gasteiger charge is -2.43. The maximum absolute atomic E-state index is 14.4. The lowest BCUT2D eigenvalue weighted by molar-refractivity contribution is -0.128. The van der Waals surface area contributed by atoms with E-state index in [2.05, 4.69) is 17.2 Å². The fourth-order valence-corrected chi connectivity index (χ4v) is 4.35. The van der Waals surface area contributed by atoms with E-state index in [0.717, 1.165) is 18.4 Å². The zero-order chi connectivity index (χ0) is 21.1. The first kappa shape index (κ1) is 20.5. The van der Waals surface area contributed by atoms with Gasteiger partial charge in [-0.2, -0.15) is 0 Å². The minimum atomic E-state index is -0.859. The first-order chi connectivity index (χ1) is 14.5. The minimum absolute atomic E-state index is 0.0361. The van der Waals surface area contributed by atoms with Gasteiger partial charge in [0.15, 0.2) is 0 Å². The van der Waals surface area contributed by atoms with Crippen LogP contribution in [0.2, 0.25) is 0 Å². The summed E-state index contributed by atoms with van der Waals surface area (Å²) in [5, 5.41) is 2.88. The predicted molar refractivity (Wildman–Crippen MR) is 109 cm³/mol. The minimum Gasteiger partial charge on any atom is -0.353 e. The van der Waals surface area contributed by atoms with Crippen molar-refractivity contribution in [3.05, 3.63) is 65.7 Å². The molecule has 4 rings (SSSR count). The molecule has 1 spiro atoms. The summed E-state index contributed by atoms with van der Waals surface area (Å²) in [6.07, 6.45) is 6.41. The van der Waals surface area contributed by atoms with Gasteiger partial charge >= 0.3 is 0 Å². The molecule has 2 aromatic rings. The number of rotatable bonds is 4. The molecule has 0 unspecified atom stereocenters. The van der Waals surface area contributed by atoms with E-state index in [1.165, 1.54) is 17.0 Å². The second-order valence-corrected chi connectivity index (χ2v) is 8.19. The molecule has 6 nitrogen and oxygen atoms in total. The Hall–Kier alpha value is -2.80. The summed E-state index contributed by atoms with van der Waals surface area (Å²) in [6, 6.07) is 8.75. The summed E-state index contributed by atoms with van der Waals surface area (Å²) in [7, 11) is 0. The van der Waals surface area contributed by atoms with Crippen molar-refractivity contribution in [1.82, 2.24) is 15.2 Å². The Morgan fingerprint density at radius 1 is 1.23 bits per heavy atom. The topological polar surface area (TPSA) is 71.5 Å². The number of halogens is 1. The molecular formula is C23H26FN3O3. The molecule has 1 aromatic carbocycles. The number of carbonyl (C=O) groups is 2. The van der Waals surface area contributed by atoms with Gasteiger partial charge < -0.3 is 10.1 Å². The number of ether oxygens (including phenoxy) is 1. The van der Waals surface area contributed by atoms with E-state index in [-0.39, 0.29) is 18.1 Å². The summed E-state index contributed by atoms with van der Waals surface area (Å²) >= 11 is 0. The van der Waals surface area contributed by atoms with E-state index in [1.54, 1.807) is 30.6 Å². The van der Waals surface area contributed by atoms with Crippen LogP contribution < -0.4 is 5.32 Å². The molecule has 30 heavy (non-hydrogen) atoms. The van der Waals surface area contributed by atoms with Crippen molar-refractivity contribution in [3.63, 3.8) is 0 Å². The summed E-state index contributed by atoms with van der Waals surface area (Å²) < 4.78 is 20.5. The number of carbonyl (C=O) groups excluding carboxylic acids is 2. The van der Waals surface area contributed by atoms with Gasteiger partial charge in [0.05, 0.1) is 12.2 Å². The third-order valence-electron chi connectivity index (χ3n) is 6.13. The normalized spacial score (nSPS) is 26.0. The number of hydrogen-bond acceptors (Lipinski definition) is 4. The maximum Gasteiger partial charge on any atom is 0.259 e. The number of benzene rings is 1. The lowest BCUT2D eigenvalue weighted by Crippen LogP contribution is -2.56. The number of pyridine rings is 1. The first-order valence-electron chi connectivity index (χ1n) is 10.4. The molecule has 2 heterocycles. The van der Waals surface area contributed by atoms with Crippen LogP contribution in [-0.4, -0.2) is 40.1 Å². The fourth-order valence-electron chi connectivity index (χ4n) is 4.35. The Bertz CT molecular complexity index is 913. The number of nitrogens with one attached hydrogen (secondary N) is 1. The van der Waals surface area contributed by atoms with Gasteiger partial charge in [-0.05, 0) is 55.4 Å². The van der Waals surface area contributed by atoms with Crippen molar-refractivity contribution < 1.29 is 18.7 Å². The Morgan fingerprint density at radius 3 is 2.70 bits per heavy atom. The summed E-state index contributed by atoms with van der Waals surface area (Å²) in [5.74, 6) is -0.868. The number of hydrogen-bond donors (Lipinski definition) is 1. The fraction of sp³-hybridized carbons (Fsp3) is 0.435. The first-order valence-corrected chi connectivity index (χ1v) is 10.4. The van der Waals surface area contributed by atoms with Crippen LogP contribution in [0.1, 0.15) is 48.5 Å². The second-order valence-electron chi connectivity index (χ2n) is 8.19. The molecule has 1 saturated heterocycles. The van der Waals surface area contributed by atoms with Gasteiger partial charge in [0.25, 0.3) is 5.91 Å². The van der Waals surface area contributed by atoms with Crippen LogP contribution in [0.15, 0.2) is 48.8 Å². The third-order valence-corrected chi connectivity index (χ3v) is 6.13. The standard InChI is InChI=1S/C23H26FN3O3/c1-16-8-10-23(11-9-16)27(22(29)18-6-2-3-7-19(18)24)20(15-30-23)21(28)26-14-17-5-4-12-25-13-17/h2-7,12-13,16,20H,8-11,14-15H2,1H3,(H,26,28)/t16?,20-,23?/m1/s1. The molecule has 7 heteroatoms. The highest BCUT2D eigenvalue weighted by Gasteiger charge is 2.53. The Morgan fingerprint density at radius 2 is 2.00 bits per heavy atom. The molecule has 1 saturated carbocycles. The van der Waals surface area contributed by atoms with Gasteiger partial charge in [-0.3, -0.25) is 19.5 Å². The Balaban J connectivity index is 1.59. The Kier molecular flexibility index (Phi) is 5.81. The number of aromatic nitrogens is 1. The summed E-state index contributed by atoms with van der Waals surface area (Å²) in [4.78, 5) is 32.0. The molecule has 1 N–H and O–H groups in total.